The van der Waals surface area contributed by atoms with E-state index in [1.165, 1.54) is 0 Å². The van der Waals surface area contributed by atoms with Crippen LogP contribution in [0.25, 0.3) is 44.7 Å². The van der Waals surface area contributed by atoms with Gasteiger partial charge < -0.3 is 34.3 Å². The van der Waals surface area contributed by atoms with Gasteiger partial charge in [0.2, 0.25) is 23.6 Å². The minimum atomic E-state index is -0.173. The molecule has 0 spiro atoms. The van der Waals surface area contributed by atoms with E-state index in [2.05, 4.69) is 30.8 Å². The van der Waals surface area contributed by atoms with Crippen molar-refractivity contribution in [2.75, 3.05) is 51.0 Å². The quantitative estimate of drug-likeness (QED) is 0.121. The summed E-state index contributed by atoms with van der Waals surface area (Å²) >= 11 is 0. The summed E-state index contributed by atoms with van der Waals surface area (Å²) in [5.41, 5.74) is 4.65. The maximum Gasteiger partial charge on any atom is 0.272 e. The zero-order valence-electron chi connectivity index (χ0n) is 36.2. The van der Waals surface area contributed by atoms with Gasteiger partial charge in [-0.1, -0.05) is 24.3 Å². The lowest BCUT2D eigenvalue weighted by Gasteiger charge is -2.32. The highest BCUT2D eigenvalue weighted by atomic mass is 16.5. The zero-order valence-corrected chi connectivity index (χ0v) is 36.2. The van der Waals surface area contributed by atoms with Gasteiger partial charge in [0.25, 0.3) is 11.8 Å². The van der Waals surface area contributed by atoms with E-state index in [-0.39, 0.29) is 48.3 Å². The molecule has 2 fully saturated rings. The molecule has 0 bridgehead atoms. The Morgan fingerprint density at radius 2 is 1.02 bits per heavy atom. The summed E-state index contributed by atoms with van der Waals surface area (Å²) in [6.45, 7) is 2.14. The van der Waals surface area contributed by atoms with E-state index in [1.807, 2.05) is 48.5 Å². The SMILES string of the molecule is COc1cc(C(=O)N2CCC[C@@H](CC(=O)Nc3ccc(-c4nnc(-c5ccc(NC(=O)C[C@@H]6CCCN(C(=O)c7cc(OC)c8ccccc8n7)C6)cc5)o4)cc3)C2)nc2ccccc12. The molecule has 2 aliphatic rings. The van der Waals surface area contributed by atoms with Crippen molar-refractivity contribution in [2.45, 2.75) is 38.5 Å². The van der Waals surface area contributed by atoms with Crippen molar-refractivity contribution >= 4 is 56.8 Å². The predicted molar refractivity (Wildman–Crippen MR) is 246 cm³/mol. The van der Waals surface area contributed by atoms with Crippen LogP contribution >= 0.6 is 0 Å². The fraction of sp³-hybridized carbons (Fsp3) is 0.280. The molecule has 2 aliphatic heterocycles. The average molecular weight is 873 g/mol. The fourth-order valence-corrected chi connectivity index (χ4v) is 8.80. The number of aromatic nitrogens is 4. The number of benzene rings is 4. The van der Waals surface area contributed by atoms with Crippen molar-refractivity contribution in [3.05, 3.63) is 121 Å². The number of hydrogen-bond donors (Lipinski definition) is 2. The number of amides is 4. The number of methoxy groups -OCH3 is 2. The fourth-order valence-electron chi connectivity index (χ4n) is 8.80. The molecule has 0 aliphatic carbocycles. The number of nitrogens with one attached hydrogen (secondary N) is 2. The number of carbonyl (C=O) groups is 4. The number of fused-ring (bicyclic) bond motifs is 2. The van der Waals surface area contributed by atoms with Gasteiger partial charge in [-0.05, 0) is 110 Å². The third-order valence-electron chi connectivity index (χ3n) is 12.1. The standard InChI is InChI=1S/C50H48N8O7/c1-63-43-27-41(53-39-13-5-3-11-37(39)43)49(61)57-23-7-9-31(29-57)25-45(59)51-35-19-15-33(16-20-35)47-55-56-48(65-47)34-17-21-36(22-18-34)52-46(60)26-32-10-8-24-58(30-32)50(62)42-28-44(64-2)38-12-4-6-14-40(38)54-42/h3-6,11-22,27-28,31-32H,7-10,23-26,29-30H2,1-2H3,(H,51,59)(H,52,60)/t31-,32-/m0/s1. The van der Waals surface area contributed by atoms with Crippen LogP contribution in [0, 0.1) is 11.8 Å². The molecule has 4 amide bonds. The molecule has 4 aromatic carbocycles. The van der Waals surface area contributed by atoms with Crippen molar-refractivity contribution < 1.29 is 33.1 Å². The van der Waals surface area contributed by atoms with Gasteiger partial charge in [0, 0.05) is 84.4 Å². The van der Waals surface area contributed by atoms with Gasteiger partial charge in [-0.3, -0.25) is 19.2 Å². The molecular formula is C50H48N8O7. The first-order chi connectivity index (χ1) is 31.7. The highest BCUT2D eigenvalue weighted by Crippen LogP contribution is 2.31. The van der Waals surface area contributed by atoms with E-state index in [4.69, 9.17) is 13.9 Å². The topological polar surface area (TPSA) is 182 Å². The van der Waals surface area contributed by atoms with E-state index in [9.17, 15) is 19.2 Å². The monoisotopic (exact) mass is 872 g/mol. The number of carbonyl (C=O) groups excluding carboxylic acids is 4. The Labute approximate surface area is 375 Å². The number of pyridine rings is 2. The second-order valence-electron chi connectivity index (χ2n) is 16.5. The van der Waals surface area contributed by atoms with Crippen molar-refractivity contribution in [2.24, 2.45) is 11.8 Å². The Hall–Kier alpha value is -7.68. The largest absolute Gasteiger partial charge is 0.496 e. The number of nitrogens with zero attached hydrogens (tertiary/aromatic N) is 6. The second kappa shape index (κ2) is 19.0. The highest BCUT2D eigenvalue weighted by Gasteiger charge is 2.29. The highest BCUT2D eigenvalue weighted by molar-refractivity contribution is 5.98. The molecule has 0 unspecified atom stereocenters. The van der Waals surface area contributed by atoms with E-state index >= 15 is 0 Å². The van der Waals surface area contributed by atoms with Gasteiger partial charge in [-0.15, -0.1) is 10.2 Å². The van der Waals surface area contributed by atoms with Crippen molar-refractivity contribution in [1.82, 2.24) is 30.0 Å². The first-order valence-electron chi connectivity index (χ1n) is 21.8. The maximum atomic E-state index is 13.5. The second-order valence-corrected chi connectivity index (χ2v) is 16.5. The Morgan fingerprint density at radius 3 is 1.43 bits per heavy atom. The van der Waals surface area contributed by atoms with Gasteiger partial charge in [0.1, 0.15) is 22.9 Å². The normalized spacial score (nSPS) is 16.3. The lowest BCUT2D eigenvalue weighted by atomic mass is 9.94. The van der Waals surface area contributed by atoms with Crippen molar-refractivity contribution in [3.8, 4) is 34.4 Å². The van der Waals surface area contributed by atoms with Gasteiger partial charge in [0.05, 0.1) is 25.3 Å². The number of ether oxygens (including phenoxy) is 2. The molecule has 0 saturated carbocycles. The summed E-state index contributed by atoms with van der Waals surface area (Å²) in [7, 11) is 3.16. The lowest BCUT2D eigenvalue weighted by molar-refractivity contribution is -0.118. The zero-order chi connectivity index (χ0) is 44.9. The molecule has 330 valence electrons. The number of likely N-dealkylation sites (tertiary alicyclic amines) is 2. The molecule has 5 heterocycles. The number of piperidine rings is 2. The van der Waals surface area contributed by atoms with Crippen molar-refractivity contribution in [1.29, 1.82) is 0 Å². The Morgan fingerprint density at radius 1 is 0.600 bits per heavy atom. The van der Waals surface area contributed by atoms with Gasteiger partial charge >= 0.3 is 0 Å². The summed E-state index contributed by atoms with van der Waals surface area (Å²) in [5.74, 6) is 1.24. The summed E-state index contributed by atoms with van der Waals surface area (Å²) in [4.78, 5) is 66.1. The molecule has 2 N–H and O–H groups in total. The van der Waals surface area contributed by atoms with Gasteiger partial charge in [-0.2, -0.15) is 0 Å². The summed E-state index contributed by atoms with van der Waals surface area (Å²) in [5, 5.41) is 16.1. The summed E-state index contributed by atoms with van der Waals surface area (Å²) in [6.07, 6.45) is 3.83. The molecule has 15 nitrogen and oxygen atoms in total. The van der Waals surface area contributed by atoms with Crippen molar-refractivity contribution in [3.63, 3.8) is 0 Å². The Kier molecular flexibility index (Phi) is 12.4. The molecule has 65 heavy (non-hydrogen) atoms. The van der Waals surface area contributed by atoms with E-state index < -0.39 is 0 Å². The minimum absolute atomic E-state index is 0.00865. The first kappa shape index (κ1) is 42.6. The molecular weight excluding hydrogens is 825 g/mol. The minimum Gasteiger partial charge on any atom is -0.496 e. The van der Waals surface area contributed by atoms with Crippen LogP contribution in [0.1, 0.15) is 59.5 Å². The number of rotatable bonds is 12. The van der Waals surface area contributed by atoms with Gasteiger partial charge in [0.15, 0.2) is 0 Å². The van der Waals surface area contributed by atoms with Crippen LogP contribution in [-0.4, -0.2) is 94.0 Å². The van der Waals surface area contributed by atoms with Crippen LogP contribution in [0.3, 0.4) is 0 Å². The molecule has 2 saturated heterocycles. The summed E-state index contributed by atoms with van der Waals surface area (Å²) in [6, 6.07) is 32.8. The smallest absolute Gasteiger partial charge is 0.272 e. The Balaban J connectivity index is 0.745. The number of anilines is 2. The van der Waals surface area contributed by atoms with E-state index in [0.29, 0.717) is 94.4 Å². The van der Waals surface area contributed by atoms with E-state index in [0.717, 1.165) is 36.5 Å². The van der Waals surface area contributed by atoms with Crippen LogP contribution in [0.15, 0.2) is 114 Å². The molecule has 7 aromatic rings. The van der Waals surface area contributed by atoms with Crippen LogP contribution in [-0.2, 0) is 9.59 Å². The third kappa shape index (κ3) is 9.64. The van der Waals surface area contributed by atoms with Crippen LogP contribution in [0.2, 0.25) is 0 Å². The molecule has 9 rings (SSSR count). The molecule has 3 aromatic heterocycles. The lowest BCUT2D eigenvalue weighted by Crippen LogP contribution is -2.41. The molecule has 15 heteroatoms. The van der Waals surface area contributed by atoms with Crippen LogP contribution in [0.4, 0.5) is 11.4 Å². The predicted octanol–water partition coefficient (Wildman–Crippen LogP) is 8.28. The van der Waals surface area contributed by atoms with Crippen LogP contribution in [0.5, 0.6) is 11.5 Å². The number of para-hydroxylation sites is 2. The molecule has 2 atom stereocenters. The number of hydrogen-bond acceptors (Lipinski definition) is 11. The van der Waals surface area contributed by atoms with Crippen LogP contribution < -0.4 is 20.1 Å². The van der Waals surface area contributed by atoms with E-state index in [1.54, 1.807) is 84.7 Å². The average Bonchev–Trinajstić information content (AvgIpc) is 3.84. The Bertz CT molecular complexity index is 2690. The third-order valence-corrected chi connectivity index (χ3v) is 12.1. The van der Waals surface area contributed by atoms with Gasteiger partial charge in [-0.25, -0.2) is 9.97 Å². The molecule has 0 radical (unpaired) electrons. The summed E-state index contributed by atoms with van der Waals surface area (Å²) < 4.78 is 17.1. The first-order valence-corrected chi connectivity index (χ1v) is 21.8. The maximum absolute atomic E-state index is 13.5.